The van der Waals surface area contributed by atoms with E-state index in [9.17, 15) is 4.79 Å². The quantitative estimate of drug-likeness (QED) is 0.752. The molecule has 0 unspecified atom stereocenters. The van der Waals surface area contributed by atoms with E-state index < -0.39 is 0 Å². The number of nitrogens with zero attached hydrogens (tertiary/aromatic N) is 2. The summed E-state index contributed by atoms with van der Waals surface area (Å²) in [6.07, 6.45) is 4.37. The zero-order chi connectivity index (χ0) is 13.6. The number of nitrogens with one attached hydrogen (secondary N) is 2. The molecule has 102 valence electrons. The van der Waals surface area contributed by atoms with E-state index in [1.54, 1.807) is 17.0 Å². The van der Waals surface area contributed by atoms with Gasteiger partial charge in [0, 0.05) is 24.5 Å². The smallest absolute Gasteiger partial charge is 0.293 e. The molecule has 1 heterocycles. The molecular formula is C13H24N4O. The van der Waals surface area contributed by atoms with Gasteiger partial charge < -0.3 is 15.2 Å². The van der Waals surface area contributed by atoms with Crippen LogP contribution in [0.3, 0.4) is 0 Å². The van der Waals surface area contributed by atoms with Gasteiger partial charge in [-0.15, -0.1) is 0 Å². The van der Waals surface area contributed by atoms with Crippen molar-refractivity contribution in [3.63, 3.8) is 0 Å². The van der Waals surface area contributed by atoms with E-state index in [-0.39, 0.29) is 11.1 Å². The molecule has 0 atom stereocenters. The molecule has 0 bridgehead atoms. The van der Waals surface area contributed by atoms with Crippen LogP contribution in [0.2, 0.25) is 0 Å². The molecule has 0 aliphatic heterocycles. The minimum Gasteiger partial charge on any atom is -0.365 e. The molecule has 18 heavy (non-hydrogen) atoms. The van der Waals surface area contributed by atoms with Gasteiger partial charge in [0.25, 0.3) is 5.56 Å². The topological polar surface area (TPSA) is 59.0 Å². The van der Waals surface area contributed by atoms with Crippen LogP contribution in [-0.4, -0.2) is 29.2 Å². The Morgan fingerprint density at radius 3 is 2.67 bits per heavy atom. The van der Waals surface area contributed by atoms with Crippen LogP contribution >= 0.6 is 0 Å². The molecule has 1 aromatic heterocycles. The summed E-state index contributed by atoms with van der Waals surface area (Å²) in [5, 5.41) is 6.34. The van der Waals surface area contributed by atoms with Crippen LogP contribution in [0, 0.1) is 0 Å². The number of anilines is 1. The van der Waals surface area contributed by atoms with Crippen molar-refractivity contribution in [3.05, 3.63) is 22.7 Å². The highest BCUT2D eigenvalue weighted by Crippen LogP contribution is 2.10. The minimum absolute atomic E-state index is 0.0616. The molecule has 0 fully saturated rings. The first-order valence-electron chi connectivity index (χ1n) is 6.49. The summed E-state index contributed by atoms with van der Waals surface area (Å²) in [5.74, 6) is 0.434. The van der Waals surface area contributed by atoms with Crippen molar-refractivity contribution in [2.24, 2.45) is 0 Å². The Bertz CT molecular complexity index is 420. The van der Waals surface area contributed by atoms with Gasteiger partial charge in [0.05, 0.1) is 0 Å². The number of aromatic nitrogens is 2. The molecule has 0 amide bonds. The van der Waals surface area contributed by atoms with Gasteiger partial charge in [-0.3, -0.25) is 4.79 Å². The third-order valence-electron chi connectivity index (χ3n) is 2.64. The monoisotopic (exact) mass is 252 g/mol. The predicted molar refractivity (Wildman–Crippen MR) is 75.1 cm³/mol. The first kappa shape index (κ1) is 14.7. The highest BCUT2D eigenvalue weighted by Gasteiger charge is 2.16. The SMILES string of the molecule is CCNCCCNc1nccn(C(C)(C)C)c1=O. The van der Waals surface area contributed by atoms with Gasteiger partial charge in [-0.25, -0.2) is 4.98 Å². The number of hydrogen-bond donors (Lipinski definition) is 2. The second-order valence-corrected chi connectivity index (χ2v) is 5.26. The number of hydrogen-bond acceptors (Lipinski definition) is 4. The summed E-state index contributed by atoms with van der Waals surface area (Å²) in [6, 6.07) is 0. The molecule has 0 spiro atoms. The van der Waals surface area contributed by atoms with Crippen LogP contribution in [0.4, 0.5) is 5.82 Å². The van der Waals surface area contributed by atoms with Gasteiger partial charge in [-0.1, -0.05) is 6.92 Å². The maximum absolute atomic E-state index is 12.2. The normalized spacial score (nSPS) is 11.6. The van der Waals surface area contributed by atoms with Gasteiger partial charge in [0.15, 0.2) is 5.82 Å². The molecule has 0 saturated heterocycles. The zero-order valence-electron chi connectivity index (χ0n) is 11.8. The minimum atomic E-state index is -0.222. The van der Waals surface area contributed by atoms with Crippen LogP contribution in [0.5, 0.6) is 0 Å². The molecule has 0 radical (unpaired) electrons. The van der Waals surface area contributed by atoms with E-state index in [2.05, 4.69) is 22.5 Å². The van der Waals surface area contributed by atoms with E-state index in [0.717, 1.165) is 26.1 Å². The average molecular weight is 252 g/mol. The fourth-order valence-electron chi connectivity index (χ4n) is 1.66. The molecule has 1 rings (SSSR count). The predicted octanol–water partition coefficient (Wildman–Crippen LogP) is 1.41. The largest absolute Gasteiger partial charge is 0.365 e. The zero-order valence-corrected chi connectivity index (χ0v) is 11.8. The lowest BCUT2D eigenvalue weighted by atomic mass is 10.1. The van der Waals surface area contributed by atoms with Crippen molar-refractivity contribution in [3.8, 4) is 0 Å². The molecule has 0 aliphatic rings. The Balaban J connectivity index is 2.65. The summed E-state index contributed by atoms with van der Waals surface area (Å²) in [7, 11) is 0. The molecule has 5 heteroatoms. The number of rotatable bonds is 6. The van der Waals surface area contributed by atoms with Crippen molar-refractivity contribution in [1.82, 2.24) is 14.9 Å². The third kappa shape index (κ3) is 4.14. The maximum Gasteiger partial charge on any atom is 0.293 e. The van der Waals surface area contributed by atoms with E-state index in [0.29, 0.717) is 5.82 Å². The van der Waals surface area contributed by atoms with Crippen molar-refractivity contribution in [2.75, 3.05) is 25.0 Å². The summed E-state index contributed by atoms with van der Waals surface area (Å²) in [6.45, 7) is 10.8. The second-order valence-electron chi connectivity index (χ2n) is 5.26. The Hall–Kier alpha value is -1.36. The highest BCUT2D eigenvalue weighted by atomic mass is 16.1. The van der Waals surface area contributed by atoms with Gasteiger partial charge >= 0.3 is 0 Å². The first-order chi connectivity index (χ1) is 8.46. The van der Waals surface area contributed by atoms with Crippen molar-refractivity contribution < 1.29 is 0 Å². The van der Waals surface area contributed by atoms with Crippen molar-refractivity contribution in [2.45, 2.75) is 39.7 Å². The molecule has 1 aromatic rings. The van der Waals surface area contributed by atoms with E-state index >= 15 is 0 Å². The molecule has 0 aromatic carbocycles. The molecule has 5 nitrogen and oxygen atoms in total. The van der Waals surface area contributed by atoms with Gasteiger partial charge in [0.2, 0.25) is 0 Å². The van der Waals surface area contributed by atoms with E-state index in [4.69, 9.17) is 0 Å². The lowest BCUT2D eigenvalue weighted by Gasteiger charge is -2.22. The fourth-order valence-corrected chi connectivity index (χ4v) is 1.66. The first-order valence-corrected chi connectivity index (χ1v) is 6.49. The van der Waals surface area contributed by atoms with Crippen molar-refractivity contribution >= 4 is 5.82 Å². The molecule has 0 saturated carbocycles. The highest BCUT2D eigenvalue weighted by molar-refractivity contribution is 5.30. The van der Waals surface area contributed by atoms with Gasteiger partial charge in [-0.05, 0) is 40.3 Å². The Morgan fingerprint density at radius 1 is 1.33 bits per heavy atom. The Kier molecular flexibility index (Phi) is 5.34. The van der Waals surface area contributed by atoms with E-state index in [1.807, 2.05) is 20.8 Å². The average Bonchev–Trinajstić information content (AvgIpc) is 2.29. The van der Waals surface area contributed by atoms with Crippen molar-refractivity contribution in [1.29, 1.82) is 0 Å². The summed E-state index contributed by atoms with van der Waals surface area (Å²) < 4.78 is 1.70. The molecular weight excluding hydrogens is 228 g/mol. The van der Waals surface area contributed by atoms with Crippen LogP contribution < -0.4 is 16.2 Å². The molecule has 2 N–H and O–H groups in total. The Morgan fingerprint density at radius 2 is 2.06 bits per heavy atom. The Labute approximate surface area is 109 Å². The van der Waals surface area contributed by atoms with Crippen LogP contribution in [0.25, 0.3) is 0 Å². The fraction of sp³-hybridized carbons (Fsp3) is 0.692. The second kappa shape index (κ2) is 6.54. The third-order valence-corrected chi connectivity index (χ3v) is 2.64. The lowest BCUT2D eigenvalue weighted by Crippen LogP contribution is -2.35. The van der Waals surface area contributed by atoms with Gasteiger partial charge in [0.1, 0.15) is 0 Å². The lowest BCUT2D eigenvalue weighted by molar-refractivity contribution is 0.383. The van der Waals surface area contributed by atoms with Crippen LogP contribution in [0.15, 0.2) is 17.2 Å². The summed E-state index contributed by atoms with van der Waals surface area (Å²) >= 11 is 0. The van der Waals surface area contributed by atoms with E-state index in [1.165, 1.54) is 0 Å². The summed E-state index contributed by atoms with van der Waals surface area (Å²) in [4.78, 5) is 16.3. The maximum atomic E-state index is 12.2. The van der Waals surface area contributed by atoms with Crippen LogP contribution in [0.1, 0.15) is 34.1 Å². The summed E-state index contributed by atoms with van der Waals surface area (Å²) in [5.41, 5.74) is -0.284. The standard InChI is InChI=1S/C13H24N4O/c1-5-14-7-6-8-15-11-12(18)17(10-9-16-11)13(2,3)4/h9-10,14H,5-8H2,1-4H3,(H,15,16). The van der Waals surface area contributed by atoms with Gasteiger partial charge in [-0.2, -0.15) is 0 Å². The van der Waals surface area contributed by atoms with Crippen LogP contribution in [-0.2, 0) is 5.54 Å². The molecule has 0 aliphatic carbocycles.